The van der Waals surface area contributed by atoms with Crippen LogP contribution in [0.15, 0.2) is 36.8 Å². The molecule has 0 spiro atoms. The molecule has 1 fully saturated rings. The second-order valence-corrected chi connectivity index (χ2v) is 8.21. The van der Waals surface area contributed by atoms with Crippen molar-refractivity contribution >= 4 is 50.3 Å². The first-order valence-corrected chi connectivity index (χ1v) is 9.96. The highest BCUT2D eigenvalue weighted by molar-refractivity contribution is 9.10. The van der Waals surface area contributed by atoms with Crippen LogP contribution in [-0.4, -0.2) is 61.6 Å². The third-order valence-corrected chi connectivity index (χ3v) is 5.26. The minimum Gasteiger partial charge on any atom is -0.352 e. The highest BCUT2D eigenvalue weighted by atomic mass is 79.9. The number of carbonyl (C=O) groups excluding carboxylic acids is 1. The van der Waals surface area contributed by atoms with Crippen LogP contribution in [0.5, 0.6) is 0 Å². The van der Waals surface area contributed by atoms with Gasteiger partial charge in [0.2, 0.25) is 5.91 Å². The molecule has 4 rings (SSSR count). The zero-order valence-electron chi connectivity index (χ0n) is 14.7. The number of carbonyl (C=O) groups is 1. The third-order valence-electron chi connectivity index (χ3n) is 4.63. The number of hydrogen-bond acceptors (Lipinski definition) is 5. The lowest BCUT2D eigenvalue weighted by Crippen LogP contribution is -2.50. The molecule has 3 heterocycles. The van der Waals surface area contributed by atoms with Crippen LogP contribution in [0.4, 0.5) is 5.82 Å². The average Bonchev–Trinajstić information content (AvgIpc) is 3.12. The largest absolute Gasteiger partial charge is 0.352 e. The van der Waals surface area contributed by atoms with Crippen molar-refractivity contribution in [3.63, 3.8) is 0 Å². The number of nitrogens with zero attached hydrogens (tertiary/aromatic N) is 6. The fourth-order valence-corrected chi connectivity index (χ4v) is 3.74. The normalized spacial score (nSPS) is 16.0. The molecular weight excluding hydrogens is 432 g/mol. The lowest BCUT2D eigenvalue weighted by molar-refractivity contribution is -0.130. The summed E-state index contributed by atoms with van der Waals surface area (Å²) in [6.45, 7) is 4.64. The van der Waals surface area contributed by atoms with Crippen molar-refractivity contribution < 1.29 is 4.79 Å². The van der Waals surface area contributed by atoms with Crippen molar-refractivity contribution in [3.8, 4) is 5.69 Å². The molecule has 1 amide bonds. The van der Waals surface area contributed by atoms with Gasteiger partial charge in [-0.1, -0.05) is 33.6 Å². The SMILES string of the molecule is CC(Br)C(=O)N1CCN(c2ncnc3c2cnn3-c2cccc(Cl)c2)CC1. The predicted octanol–water partition coefficient (Wildman–Crippen LogP) is 2.90. The highest BCUT2D eigenvalue weighted by Gasteiger charge is 2.25. The Labute approximate surface area is 170 Å². The van der Waals surface area contributed by atoms with Gasteiger partial charge >= 0.3 is 0 Å². The molecule has 1 atom stereocenters. The Bertz CT molecular complexity index is 983. The predicted molar refractivity (Wildman–Crippen MR) is 109 cm³/mol. The van der Waals surface area contributed by atoms with Crippen molar-refractivity contribution in [1.82, 2.24) is 24.6 Å². The molecule has 1 unspecified atom stereocenters. The maximum atomic E-state index is 12.2. The second kappa shape index (κ2) is 7.44. The van der Waals surface area contributed by atoms with Crippen LogP contribution in [0.25, 0.3) is 16.7 Å². The van der Waals surface area contributed by atoms with Crippen molar-refractivity contribution in [2.45, 2.75) is 11.8 Å². The van der Waals surface area contributed by atoms with Crippen molar-refractivity contribution in [2.75, 3.05) is 31.1 Å². The van der Waals surface area contributed by atoms with E-state index in [1.165, 1.54) is 0 Å². The first kappa shape index (κ1) is 18.2. The van der Waals surface area contributed by atoms with Gasteiger partial charge in [-0.15, -0.1) is 0 Å². The minimum atomic E-state index is -0.161. The molecule has 0 N–H and O–H groups in total. The molecule has 1 aliphatic rings. The monoisotopic (exact) mass is 448 g/mol. The van der Waals surface area contributed by atoms with E-state index in [-0.39, 0.29) is 10.7 Å². The Balaban J connectivity index is 1.62. The van der Waals surface area contributed by atoms with Gasteiger partial charge < -0.3 is 9.80 Å². The molecule has 0 saturated carbocycles. The summed E-state index contributed by atoms with van der Waals surface area (Å²) in [7, 11) is 0. The molecule has 7 nitrogen and oxygen atoms in total. The number of alkyl halides is 1. The highest BCUT2D eigenvalue weighted by Crippen LogP contribution is 2.26. The van der Waals surface area contributed by atoms with E-state index < -0.39 is 0 Å². The van der Waals surface area contributed by atoms with E-state index >= 15 is 0 Å². The molecule has 1 aliphatic heterocycles. The Morgan fingerprint density at radius 2 is 2.00 bits per heavy atom. The van der Waals surface area contributed by atoms with Gasteiger partial charge in [-0.25, -0.2) is 14.6 Å². The maximum absolute atomic E-state index is 12.2. The van der Waals surface area contributed by atoms with Crippen LogP contribution in [-0.2, 0) is 4.79 Å². The van der Waals surface area contributed by atoms with Crippen LogP contribution < -0.4 is 4.90 Å². The van der Waals surface area contributed by atoms with E-state index in [0.29, 0.717) is 18.1 Å². The zero-order valence-corrected chi connectivity index (χ0v) is 17.1. The number of piperazine rings is 1. The van der Waals surface area contributed by atoms with Crippen LogP contribution in [0, 0.1) is 0 Å². The van der Waals surface area contributed by atoms with E-state index in [9.17, 15) is 4.79 Å². The lowest BCUT2D eigenvalue weighted by Gasteiger charge is -2.36. The Morgan fingerprint density at radius 1 is 1.22 bits per heavy atom. The first-order chi connectivity index (χ1) is 13.0. The number of aromatic nitrogens is 4. The second-order valence-electron chi connectivity index (χ2n) is 6.40. The molecule has 27 heavy (non-hydrogen) atoms. The molecule has 1 saturated heterocycles. The van der Waals surface area contributed by atoms with Crippen LogP contribution in [0.2, 0.25) is 5.02 Å². The molecule has 3 aromatic rings. The van der Waals surface area contributed by atoms with Gasteiger partial charge in [-0.05, 0) is 25.1 Å². The van der Waals surface area contributed by atoms with Gasteiger partial charge in [0.05, 0.1) is 22.1 Å². The molecule has 9 heteroatoms. The maximum Gasteiger partial charge on any atom is 0.236 e. The summed E-state index contributed by atoms with van der Waals surface area (Å²) in [6.07, 6.45) is 3.34. The molecule has 0 radical (unpaired) electrons. The number of rotatable bonds is 3. The number of benzene rings is 1. The number of amides is 1. The van der Waals surface area contributed by atoms with Gasteiger partial charge in [0.15, 0.2) is 5.65 Å². The average molecular weight is 450 g/mol. The van der Waals surface area contributed by atoms with Crippen molar-refractivity contribution in [3.05, 3.63) is 41.8 Å². The summed E-state index contributed by atoms with van der Waals surface area (Å²) in [5, 5.41) is 6.01. The van der Waals surface area contributed by atoms with Crippen LogP contribution in [0.3, 0.4) is 0 Å². The molecule has 2 aromatic heterocycles. The van der Waals surface area contributed by atoms with Crippen LogP contribution >= 0.6 is 27.5 Å². The summed E-state index contributed by atoms with van der Waals surface area (Å²) < 4.78 is 1.76. The molecule has 1 aromatic carbocycles. The molecule has 0 bridgehead atoms. The fraction of sp³-hybridized carbons (Fsp3) is 0.333. The first-order valence-electron chi connectivity index (χ1n) is 8.67. The van der Waals surface area contributed by atoms with Crippen molar-refractivity contribution in [1.29, 1.82) is 0 Å². The summed E-state index contributed by atoms with van der Waals surface area (Å²) in [4.78, 5) is 24.9. The molecular formula is C18H18BrClN6O. The fourth-order valence-electron chi connectivity index (χ4n) is 3.27. The number of fused-ring (bicyclic) bond motifs is 1. The summed E-state index contributed by atoms with van der Waals surface area (Å²) in [5.41, 5.74) is 1.58. The molecule has 0 aliphatic carbocycles. The topological polar surface area (TPSA) is 67.2 Å². The van der Waals surface area contributed by atoms with Gasteiger partial charge in [-0.2, -0.15) is 5.10 Å². The minimum absolute atomic E-state index is 0.122. The van der Waals surface area contributed by atoms with Gasteiger partial charge in [0.25, 0.3) is 0 Å². The Morgan fingerprint density at radius 3 is 2.70 bits per heavy atom. The molecule has 140 valence electrons. The van der Waals surface area contributed by atoms with E-state index in [2.05, 4.69) is 35.9 Å². The standard InChI is InChI=1S/C18H18BrClN6O/c1-12(19)18(27)25-7-5-24(6-8-25)16-15-10-23-26(17(15)22-11-21-16)14-4-2-3-13(20)9-14/h2-4,9-12H,5-8H2,1H3. The zero-order chi connectivity index (χ0) is 19.0. The smallest absolute Gasteiger partial charge is 0.236 e. The number of hydrogen-bond donors (Lipinski definition) is 0. The van der Waals surface area contributed by atoms with E-state index in [4.69, 9.17) is 11.6 Å². The number of anilines is 1. The van der Waals surface area contributed by atoms with Gasteiger partial charge in [0, 0.05) is 31.2 Å². The number of halogens is 2. The van der Waals surface area contributed by atoms with Crippen molar-refractivity contribution in [2.24, 2.45) is 0 Å². The summed E-state index contributed by atoms with van der Waals surface area (Å²) in [6, 6.07) is 7.49. The summed E-state index contributed by atoms with van der Waals surface area (Å²) >= 11 is 9.46. The third kappa shape index (κ3) is 3.51. The quantitative estimate of drug-likeness (QED) is 0.575. The van der Waals surface area contributed by atoms with Gasteiger partial charge in [-0.3, -0.25) is 4.79 Å². The van der Waals surface area contributed by atoms with Crippen LogP contribution in [0.1, 0.15) is 6.92 Å². The summed E-state index contributed by atoms with van der Waals surface area (Å²) in [5.74, 6) is 0.962. The lowest BCUT2D eigenvalue weighted by atomic mass is 10.2. The Hall–Kier alpha value is -2.19. The van der Waals surface area contributed by atoms with E-state index in [1.807, 2.05) is 36.1 Å². The van der Waals surface area contributed by atoms with Gasteiger partial charge in [0.1, 0.15) is 12.1 Å². The van der Waals surface area contributed by atoms with E-state index in [1.54, 1.807) is 17.2 Å². The van der Waals surface area contributed by atoms with E-state index in [0.717, 1.165) is 35.6 Å². The Kier molecular flexibility index (Phi) is 5.01.